The number of halogens is 1. The molecule has 0 saturated carbocycles. The van der Waals surface area contributed by atoms with E-state index in [1.165, 1.54) is 36.4 Å². The Morgan fingerprint density at radius 3 is 2.57 bits per heavy atom. The highest BCUT2D eigenvalue weighted by Gasteiger charge is 2.17. The maximum Gasteiger partial charge on any atom is 0.339 e. The predicted octanol–water partition coefficient (Wildman–Crippen LogP) is 3.56. The molecule has 0 spiro atoms. The van der Waals surface area contributed by atoms with Crippen molar-refractivity contribution in [3.8, 4) is 5.75 Å². The molecule has 1 heterocycles. The molecule has 21 heavy (non-hydrogen) atoms. The molecule has 0 aliphatic heterocycles. The van der Waals surface area contributed by atoms with Crippen LogP contribution in [0.1, 0.15) is 5.89 Å². The number of benzene rings is 2. The molecule has 0 amide bonds. The minimum absolute atomic E-state index is 0.0285. The normalized spacial score (nSPS) is 11.7. The van der Waals surface area contributed by atoms with Crippen LogP contribution < -0.4 is 4.18 Å². The van der Waals surface area contributed by atoms with E-state index in [0.717, 1.165) is 0 Å². The third-order valence-electron chi connectivity index (χ3n) is 2.78. The van der Waals surface area contributed by atoms with Gasteiger partial charge in [-0.15, -0.1) is 0 Å². The lowest BCUT2D eigenvalue weighted by atomic mass is 10.3. The van der Waals surface area contributed by atoms with Crippen LogP contribution in [0, 0.1) is 6.92 Å². The van der Waals surface area contributed by atoms with Crippen LogP contribution in [-0.4, -0.2) is 13.4 Å². The molecule has 2 aromatic carbocycles. The van der Waals surface area contributed by atoms with Crippen LogP contribution in [-0.2, 0) is 10.1 Å². The Balaban J connectivity index is 1.94. The van der Waals surface area contributed by atoms with Crippen LogP contribution in [0.15, 0.2) is 51.8 Å². The second-order valence-electron chi connectivity index (χ2n) is 4.35. The van der Waals surface area contributed by atoms with Crippen LogP contribution in [0.25, 0.3) is 11.1 Å². The maximum absolute atomic E-state index is 12.1. The molecule has 0 bridgehead atoms. The van der Waals surface area contributed by atoms with Gasteiger partial charge in [-0.25, -0.2) is 4.98 Å². The summed E-state index contributed by atoms with van der Waals surface area (Å²) in [6, 6.07) is 10.4. The lowest BCUT2D eigenvalue weighted by molar-refractivity contribution is 0.485. The van der Waals surface area contributed by atoms with Gasteiger partial charge < -0.3 is 8.60 Å². The smallest absolute Gasteiger partial charge is 0.339 e. The fourth-order valence-electron chi connectivity index (χ4n) is 1.85. The van der Waals surface area contributed by atoms with Gasteiger partial charge in [0.25, 0.3) is 0 Å². The third-order valence-corrected chi connectivity index (χ3v) is 4.29. The number of aromatic nitrogens is 1. The number of rotatable bonds is 3. The van der Waals surface area contributed by atoms with E-state index in [1.54, 1.807) is 13.0 Å². The number of hydrogen-bond acceptors (Lipinski definition) is 5. The Hall–Kier alpha value is -2.05. The molecular weight excluding hydrogens is 314 g/mol. The van der Waals surface area contributed by atoms with Gasteiger partial charge in [0.1, 0.15) is 16.2 Å². The first kappa shape index (κ1) is 13.9. The highest BCUT2D eigenvalue weighted by Crippen LogP contribution is 2.24. The molecule has 0 fully saturated rings. The second-order valence-corrected chi connectivity index (χ2v) is 6.34. The quantitative estimate of drug-likeness (QED) is 0.689. The summed E-state index contributed by atoms with van der Waals surface area (Å²) in [5.74, 6) is 0.663. The Bertz CT molecular complexity index is 900. The zero-order valence-electron chi connectivity index (χ0n) is 10.9. The Labute approximate surface area is 126 Å². The van der Waals surface area contributed by atoms with E-state index in [-0.39, 0.29) is 10.6 Å². The predicted molar refractivity (Wildman–Crippen MR) is 78.0 cm³/mol. The van der Waals surface area contributed by atoms with Gasteiger partial charge >= 0.3 is 10.1 Å². The van der Waals surface area contributed by atoms with Crippen LogP contribution in [0.5, 0.6) is 5.75 Å². The topological polar surface area (TPSA) is 69.4 Å². The monoisotopic (exact) mass is 323 g/mol. The number of fused-ring (bicyclic) bond motifs is 1. The first-order valence-corrected chi connectivity index (χ1v) is 7.80. The molecule has 3 rings (SSSR count). The van der Waals surface area contributed by atoms with E-state index in [4.69, 9.17) is 20.2 Å². The molecular formula is C14H10ClNO4S. The zero-order chi connectivity index (χ0) is 15.0. The van der Waals surface area contributed by atoms with Gasteiger partial charge in [-0.3, -0.25) is 0 Å². The van der Waals surface area contributed by atoms with Crippen molar-refractivity contribution in [3.05, 3.63) is 53.4 Å². The third kappa shape index (κ3) is 2.86. The van der Waals surface area contributed by atoms with Crippen molar-refractivity contribution in [3.63, 3.8) is 0 Å². The standard InChI is InChI=1S/C14H10ClNO4S/c1-9-16-13-7-4-11(8-14(13)19-9)20-21(17,18)12-5-2-10(15)3-6-12/h2-8H,1H3. The van der Waals surface area contributed by atoms with Gasteiger partial charge in [0, 0.05) is 18.0 Å². The largest absolute Gasteiger partial charge is 0.441 e. The fourth-order valence-corrected chi connectivity index (χ4v) is 2.90. The van der Waals surface area contributed by atoms with Gasteiger partial charge in [0.05, 0.1) is 0 Å². The lowest BCUT2D eigenvalue weighted by Gasteiger charge is -2.06. The first-order chi connectivity index (χ1) is 9.94. The minimum atomic E-state index is -3.91. The van der Waals surface area contributed by atoms with Crippen molar-refractivity contribution < 1.29 is 17.0 Å². The number of nitrogens with zero attached hydrogens (tertiary/aromatic N) is 1. The van der Waals surface area contributed by atoms with Crippen molar-refractivity contribution in [1.82, 2.24) is 4.98 Å². The van der Waals surface area contributed by atoms with Gasteiger partial charge in [0.2, 0.25) is 0 Å². The van der Waals surface area contributed by atoms with Crippen molar-refractivity contribution >= 4 is 32.8 Å². The van der Waals surface area contributed by atoms with Gasteiger partial charge in [-0.05, 0) is 36.4 Å². The molecule has 0 aliphatic carbocycles. The molecule has 0 aliphatic rings. The van der Waals surface area contributed by atoms with E-state index < -0.39 is 10.1 Å². The molecule has 0 atom stereocenters. The summed E-state index contributed by atoms with van der Waals surface area (Å²) in [6.45, 7) is 1.71. The lowest BCUT2D eigenvalue weighted by Crippen LogP contribution is -2.09. The Morgan fingerprint density at radius 1 is 1.14 bits per heavy atom. The molecule has 0 saturated heterocycles. The Kier molecular flexibility index (Phi) is 3.35. The summed E-state index contributed by atoms with van der Waals surface area (Å²) in [5.41, 5.74) is 1.11. The van der Waals surface area contributed by atoms with Crippen LogP contribution in [0.4, 0.5) is 0 Å². The van der Waals surface area contributed by atoms with Crippen LogP contribution in [0.2, 0.25) is 5.02 Å². The highest BCUT2D eigenvalue weighted by molar-refractivity contribution is 7.87. The summed E-state index contributed by atoms with van der Waals surface area (Å²) in [7, 11) is -3.91. The van der Waals surface area contributed by atoms with Gasteiger partial charge in [-0.1, -0.05) is 11.6 Å². The average Bonchev–Trinajstić information content (AvgIpc) is 2.78. The SMILES string of the molecule is Cc1nc2ccc(OS(=O)(=O)c3ccc(Cl)cc3)cc2o1. The molecule has 0 N–H and O–H groups in total. The van der Waals surface area contributed by atoms with Crippen molar-refractivity contribution in [2.24, 2.45) is 0 Å². The summed E-state index contributed by atoms with van der Waals surface area (Å²) in [4.78, 5) is 4.16. The van der Waals surface area contributed by atoms with E-state index >= 15 is 0 Å². The molecule has 1 aromatic heterocycles. The molecule has 0 unspecified atom stereocenters. The van der Waals surface area contributed by atoms with Gasteiger partial charge in [-0.2, -0.15) is 8.42 Å². The fraction of sp³-hybridized carbons (Fsp3) is 0.0714. The highest BCUT2D eigenvalue weighted by atomic mass is 35.5. The summed E-state index contributed by atoms with van der Waals surface area (Å²) >= 11 is 5.73. The minimum Gasteiger partial charge on any atom is -0.441 e. The van der Waals surface area contributed by atoms with Crippen LogP contribution in [0.3, 0.4) is 0 Å². The van der Waals surface area contributed by atoms with E-state index in [9.17, 15) is 8.42 Å². The summed E-state index contributed by atoms with van der Waals surface area (Å²) in [5, 5.41) is 0.451. The number of hydrogen-bond donors (Lipinski definition) is 0. The summed E-state index contributed by atoms with van der Waals surface area (Å²) in [6.07, 6.45) is 0. The number of aryl methyl sites for hydroxylation is 1. The van der Waals surface area contributed by atoms with Crippen molar-refractivity contribution in [1.29, 1.82) is 0 Å². The Morgan fingerprint density at radius 2 is 1.86 bits per heavy atom. The molecule has 5 nitrogen and oxygen atoms in total. The average molecular weight is 324 g/mol. The first-order valence-electron chi connectivity index (χ1n) is 6.01. The van der Waals surface area contributed by atoms with Gasteiger partial charge in [0.15, 0.2) is 11.5 Å². The van der Waals surface area contributed by atoms with Crippen molar-refractivity contribution in [2.45, 2.75) is 11.8 Å². The number of oxazole rings is 1. The van der Waals surface area contributed by atoms with Crippen LogP contribution >= 0.6 is 11.6 Å². The maximum atomic E-state index is 12.1. The molecule has 108 valence electrons. The molecule has 7 heteroatoms. The second kappa shape index (κ2) is 5.05. The molecule has 3 aromatic rings. The van der Waals surface area contributed by atoms with E-state index in [2.05, 4.69) is 4.98 Å². The zero-order valence-corrected chi connectivity index (χ0v) is 12.5. The molecule has 0 radical (unpaired) electrons. The van der Waals surface area contributed by atoms with E-state index in [0.29, 0.717) is 22.0 Å². The van der Waals surface area contributed by atoms with E-state index in [1.807, 2.05) is 0 Å². The summed E-state index contributed by atoms with van der Waals surface area (Å²) < 4.78 is 34.7. The van der Waals surface area contributed by atoms with Crippen molar-refractivity contribution in [2.75, 3.05) is 0 Å².